The minimum atomic E-state index is -0.0919. The lowest BCUT2D eigenvalue weighted by Gasteiger charge is -2.22. The van der Waals surface area contributed by atoms with Crippen molar-refractivity contribution in [1.29, 1.82) is 0 Å². The molecule has 0 radical (unpaired) electrons. The molecule has 0 aliphatic heterocycles. The van der Waals surface area contributed by atoms with Crippen molar-refractivity contribution in [2.75, 3.05) is 0 Å². The van der Waals surface area contributed by atoms with Gasteiger partial charge in [0.05, 0.1) is 0 Å². The Kier molecular flexibility index (Phi) is 5.30. The summed E-state index contributed by atoms with van der Waals surface area (Å²) >= 11 is 0. The predicted molar refractivity (Wildman–Crippen MR) is 102 cm³/mol. The lowest BCUT2D eigenvalue weighted by molar-refractivity contribution is 0.450. The van der Waals surface area contributed by atoms with Crippen molar-refractivity contribution in [2.24, 2.45) is 0 Å². The zero-order valence-electron chi connectivity index (χ0n) is 14.5. The van der Waals surface area contributed by atoms with Crippen molar-refractivity contribution in [3.05, 3.63) is 83.5 Å². The van der Waals surface area contributed by atoms with Gasteiger partial charge in [0, 0.05) is 11.5 Å². The molecule has 0 bridgehead atoms. The maximum absolute atomic E-state index is 9.54. The summed E-state index contributed by atoms with van der Waals surface area (Å²) in [7, 11) is 0. The molecular formula is C22H24O2. The van der Waals surface area contributed by atoms with Gasteiger partial charge < -0.3 is 10.2 Å². The number of hydrogen-bond donors (Lipinski definition) is 2. The van der Waals surface area contributed by atoms with E-state index in [2.05, 4.69) is 38.6 Å². The quantitative estimate of drug-likeness (QED) is 0.550. The van der Waals surface area contributed by atoms with Gasteiger partial charge in [-0.3, -0.25) is 0 Å². The van der Waals surface area contributed by atoms with Crippen LogP contribution in [0.25, 0.3) is 12.2 Å². The molecule has 0 spiro atoms. The molecule has 0 amide bonds. The lowest BCUT2D eigenvalue weighted by atomic mass is 9.82. The highest BCUT2D eigenvalue weighted by Crippen LogP contribution is 2.28. The third-order valence-corrected chi connectivity index (χ3v) is 3.93. The molecule has 0 saturated carbocycles. The average Bonchev–Trinajstić information content (AvgIpc) is 2.52. The highest BCUT2D eigenvalue weighted by molar-refractivity contribution is 5.71. The fourth-order valence-corrected chi connectivity index (χ4v) is 2.66. The maximum atomic E-state index is 9.54. The van der Waals surface area contributed by atoms with Crippen molar-refractivity contribution in [1.82, 2.24) is 0 Å². The second-order valence-corrected chi connectivity index (χ2v) is 6.56. The first-order valence-electron chi connectivity index (χ1n) is 7.94. The van der Waals surface area contributed by atoms with E-state index in [-0.39, 0.29) is 16.9 Å². The van der Waals surface area contributed by atoms with E-state index in [4.69, 9.17) is 0 Å². The van der Waals surface area contributed by atoms with Gasteiger partial charge in [-0.1, -0.05) is 74.6 Å². The molecular weight excluding hydrogens is 296 g/mol. The van der Waals surface area contributed by atoms with Gasteiger partial charge in [0.2, 0.25) is 0 Å². The Balaban J connectivity index is 2.30. The van der Waals surface area contributed by atoms with Gasteiger partial charge in [-0.2, -0.15) is 0 Å². The molecule has 2 N–H and O–H groups in total. The first-order chi connectivity index (χ1) is 11.3. The van der Waals surface area contributed by atoms with Gasteiger partial charge in [-0.05, 0) is 35.7 Å². The van der Waals surface area contributed by atoms with Crippen LogP contribution in [0.2, 0.25) is 0 Å². The van der Waals surface area contributed by atoms with Crippen LogP contribution in [0.15, 0.2) is 66.8 Å². The van der Waals surface area contributed by atoms with E-state index in [1.807, 2.05) is 37.3 Å². The zero-order valence-corrected chi connectivity index (χ0v) is 14.5. The van der Waals surface area contributed by atoms with Crippen LogP contribution in [-0.2, 0) is 5.41 Å². The van der Waals surface area contributed by atoms with Crippen molar-refractivity contribution >= 4 is 12.2 Å². The smallest absolute Gasteiger partial charge is 0.119 e. The zero-order chi connectivity index (χ0) is 17.7. The summed E-state index contributed by atoms with van der Waals surface area (Å²) in [5.74, 6) is 0.101. The molecule has 24 heavy (non-hydrogen) atoms. The number of hydrogen-bond acceptors (Lipinski definition) is 2. The Morgan fingerprint density at radius 1 is 0.958 bits per heavy atom. The van der Waals surface area contributed by atoms with Crippen LogP contribution < -0.4 is 0 Å². The van der Waals surface area contributed by atoms with E-state index in [0.717, 1.165) is 16.7 Å². The van der Waals surface area contributed by atoms with Crippen molar-refractivity contribution in [3.8, 4) is 11.5 Å². The third-order valence-electron chi connectivity index (χ3n) is 3.93. The van der Waals surface area contributed by atoms with E-state index >= 15 is 0 Å². The number of phenols is 2. The van der Waals surface area contributed by atoms with Gasteiger partial charge in [-0.15, -0.1) is 0 Å². The standard InChI is InChI=1S/C22H24O2/c1-5-16(2)15-22(3,4)19-8-6-7-17(11-19)9-10-18-12-20(23)14-21(24)13-18/h5-15,23-24H,1H2,2-4H3. The average molecular weight is 320 g/mol. The number of benzene rings is 2. The van der Waals surface area contributed by atoms with Gasteiger partial charge in [-0.25, -0.2) is 0 Å². The van der Waals surface area contributed by atoms with Crippen molar-refractivity contribution < 1.29 is 10.2 Å². The highest BCUT2D eigenvalue weighted by atomic mass is 16.3. The van der Waals surface area contributed by atoms with E-state index in [9.17, 15) is 10.2 Å². The third kappa shape index (κ3) is 4.63. The summed E-state index contributed by atoms with van der Waals surface area (Å²) in [6, 6.07) is 12.9. The van der Waals surface area contributed by atoms with Crippen molar-refractivity contribution in [3.63, 3.8) is 0 Å². The van der Waals surface area contributed by atoms with E-state index in [0.29, 0.717) is 0 Å². The molecule has 0 atom stereocenters. The molecule has 2 aromatic carbocycles. The van der Waals surface area contributed by atoms with Gasteiger partial charge in [0.15, 0.2) is 0 Å². The number of rotatable bonds is 5. The summed E-state index contributed by atoms with van der Waals surface area (Å²) in [5, 5.41) is 19.1. The fraction of sp³-hybridized carbons (Fsp3) is 0.182. The maximum Gasteiger partial charge on any atom is 0.119 e. The highest BCUT2D eigenvalue weighted by Gasteiger charge is 2.17. The van der Waals surface area contributed by atoms with E-state index in [1.165, 1.54) is 11.6 Å². The molecule has 2 nitrogen and oxygen atoms in total. The van der Waals surface area contributed by atoms with Crippen molar-refractivity contribution in [2.45, 2.75) is 26.2 Å². The molecule has 124 valence electrons. The Morgan fingerprint density at radius 2 is 1.58 bits per heavy atom. The Morgan fingerprint density at radius 3 is 2.21 bits per heavy atom. The van der Waals surface area contributed by atoms with E-state index < -0.39 is 0 Å². The Labute approximate surface area is 144 Å². The molecule has 0 aliphatic carbocycles. The minimum absolute atomic E-state index is 0.0505. The van der Waals surface area contributed by atoms with E-state index in [1.54, 1.807) is 12.1 Å². The van der Waals surface area contributed by atoms with Gasteiger partial charge in [0.1, 0.15) is 11.5 Å². The molecule has 2 rings (SSSR count). The Bertz CT molecular complexity index is 775. The van der Waals surface area contributed by atoms with Crippen LogP contribution in [-0.4, -0.2) is 10.2 Å². The molecule has 0 heterocycles. The first-order valence-corrected chi connectivity index (χ1v) is 7.94. The number of phenolic OH excluding ortho intramolecular Hbond substituents is 2. The minimum Gasteiger partial charge on any atom is -0.508 e. The fourth-order valence-electron chi connectivity index (χ4n) is 2.66. The second kappa shape index (κ2) is 7.22. The largest absolute Gasteiger partial charge is 0.508 e. The molecule has 0 unspecified atom stereocenters. The molecule has 2 heteroatoms. The summed E-state index contributed by atoms with van der Waals surface area (Å²) in [6.45, 7) is 10.2. The first kappa shape index (κ1) is 17.6. The molecule has 0 fully saturated rings. The SMILES string of the molecule is C=CC(C)=CC(C)(C)c1cccc(C=Cc2cc(O)cc(O)c2)c1. The van der Waals surface area contributed by atoms with Crippen LogP contribution >= 0.6 is 0 Å². The van der Waals surface area contributed by atoms with Gasteiger partial charge in [0.25, 0.3) is 0 Å². The monoisotopic (exact) mass is 320 g/mol. The molecule has 0 saturated heterocycles. The predicted octanol–water partition coefficient (Wildman–Crippen LogP) is 5.68. The summed E-state index contributed by atoms with van der Waals surface area (Å²) in [4.78, 5) is 0. The summed E-state index contributed by atoms with van der Waals surface area (Å²) in [6.07, 6.45) is 7.91. The normalized spacial score (nSPS) is 12.5. The second-order valence-electron chi connectivity index (χ2n) is 6.56. The molecule has 0 aliphatic rings. The van der Waals surface area contributed by atoms with Crippen LogP contribution in [0.5, 0.6) is 11.5 Å². The van der Waals surface area contributed by atoms with Crippen LogP contribution in [0.4, 0.5) is 0 Å². The number of allylic oxidation sites excluding steroid dienone is 3. The molecule has 0 aromatic heterocycles. The Hall–Kier alpha value is -2.74. The van der Waals surface area contributed by atoms with Crippen LogP contribution in [0.3, 0.4) is 0 Å². The number of aromatic hydroxyl groups is 2. The lowest BCUT2D eigenvalue weighted by Crippen LogP contribution is -2.14. The summed E-state index contributed by atoms with van der Waals surface area (Å²) in [5.41, 5.74) is 4.08. The topological polar surface area (TPSA) is 40.5 Å². The van der Waals surface area contributed by atoms with Crippen LogP contribution in [0.1, 0.15) is 37.5 Å². The summed E-state index contributed by atoms with van der Waals surface area (Å²) < 4.78 is 0. The van der Waals surface area contributed by atoms with Crippen LogP contribution in [0, 0.1) is 0 Å². The molecule has 2 aromatic rings. The van der Waals surface area contributed by atoms with Gasteiger partial charge >= 0.3 is 0 Å².